The molecule has 0 saturated heterocycles. The molecule has 4 N–H and O–H groups in total. The van der Waals surface area contributed by atoms with E-state index in [4.69, 9.17) is 9.47 Å². The molecule has 2 aromatic rings. The normalized spacial score (nSPS) is 14.8. The van der Waals surface area contributed by atoms with Gasteiger partial charge in [0.05, 0.1) is 18.6 Å². The molecule has 1 aliphatic rings. The van der Waals surface area contributed by atoms with Crippen molar-refractivity contribution in [3.63, 3.8) is 0 Å². The van der Waals surface area contributed by atoms with E-state index >= 15 is 0 Å². The molecule has 1 heterocycles. The first-order chi connectivity index (χ1) is 26.1. The molecule has 1 saturated carbocycles. The Kier molecular flexibility index (Phi) is 19.2. The van der Waals surface area contributed by atoms with Crippen molar-refractivity contribution in [1.29, 1.82) is 0 Å². The van der Waals surface area contributed by atoms with E-state index in [1.807, 2.05) is 45.3 Å². The maximum absolute atomic E-state index is 13.8. The molecular weight excluding hydrogens is 697 g/mol. The van der Waals surface area contributed by atoms with E-state index < -0.39 is 35.3 Å². The van der Waals surface area contributed by atoms with Crippen LogP contribution in [0.2, 0.25) is 0 Å². The molecule has 1 fully saturated rings. The summed E-state index contributed by atoms with van der Waals surface area (Å²) in [6.45, 7) is 15.0. The van der Waals surface area contributed by atoms with Crippen molar-refractivity contribution in [2.75, 3.05) is 19.7 Å². The van der Waals surface area contributed by atoms with Crippen LogP contribution in [-0.4, -0.2) is 76.3 Å². The number of imidazole rings is 1. The molecule has 12 nitrogen and oxygen atoms in total. The summed E-state index contributed by atoms with van der Waals surface area (Å²) in [7, 11) is 0. The molecule has 0 spiro atoms. The van der Waals surface area contributed by atoms with Crippen LogP contribution in [-0.2, 0) is 49.7 Å². The van der Waals surface area contributed by atoms with Gasteiger partial charge < -0.3 is 35.3 Å². The highest BCUT2D eigenvalue weighted by molar-refractivity contribution is 5.92. The van der Waals surface area contributed by atoms with Gasteiger partial charge in [-0.3, -0.25) is 14.4 Å². The Balaban J connectivity index is 1.57. The summed E-state index contributed by atoms with van der Waals surface area (Å²) in [6, 6.07) is 6.24. The number of benzene rings is 1. The molecular formula is C43H70N6O6. The van der Waals surface area contributed by atoms with Crippen molar-refractivity contribution in [3.8, 4) is 0 Å². The van der Waals surface area contributed by atoms with Crippen LogP contribution in [0, 0.1) is 5.92 Å². The summed E-state index contributed by atoms with van der Waals surface area (Å²) in [6.07, 6.45) is 16.1. The fourth-order valence-corrected chi connectivity index (χ4v) is 6.76. The second-order valence-electron chi connectivity index (χ2n) is 17.0. The smallest absolute Gasteiger partial charge is 0.407 e. The first-order valence-electron chi connectivity index (χ1n) is 20.7. The summed E-state index contributed by atoms with van der Waals surface area (Å²) in [5.41, 5.74) is 0.916. The van der Waals surface area contributed by atoms with Crippen LogP contribution in [0.15, 0.2) is 36.7 Å². The largest absolute Gasteiger partial charge is 0.444 e. The molecule has 55 heavy (non-hydrogen) atoms. The Labute approximate surface area is 330 Å². The second-order valence-corrected chi connectivity index (χ2v) is 17.0. The average Bonchev–Trinajstić information content (AvgIpc) is 3.58. The van der Waals surface area contributed by atoms with Crippen LogP contribution in [0.3, 0.4) is 0 Å². The van der Waals surface area contributed by atoms with Gasteiger partial charge in [-0.15, -0.1) is 0 Å². The summed E-state index contributed by atoms with van der Waals surface area (Å²) in [5, 5.41) is 11.6. The van der Waals surface area contributed by atoms with Gasteiger partial charge in [0, 0.05) is 38.4 Å². The number of rotatable bonds is 22. The maximum Gasteiger partial charge on any atom is 0.407 e. The van der Waals surface area contributed by atoms with Gasteiger partial charge in [-0.25, -0.2) is 9.78 Å². The first-order valence-corrected chi connectivity index (χ1v) is 20.7. The van der Waals surface area contributed by atoms with Gasteiger partial charge in [0.1, 0.15) is 23.5 Å². The number of unbranched alkanes of at least 4 members (excludes halogenated alkanes) is 2. The minimum Gasteiger partial charge on any atom is -0.444 e. The molecule has 2 atom stereocenters. The SMILES string of the molecule is CCc1nccn1CCCCc1ccc(CC(=O)N[C@@H](COC(C)(C)C)C(=O)N[C@@H](CCCCNC(=O)OC(C)(C)C)C(=O)NCCC2CCCCC2)cc1. The minimum atomic E-state index is -0.999. The zero-order chi connectivity index (χ0) is 40.3. The quantitative estimate of drug-likeness (QED) is 0.0989. The van der Waals surface area contributed by atoms with Crippen LogP contribution >= 0.6 is 0 Å². The van der Waals surface area contributed by atoms with Crippen LogP contribution in [0.5, 0.6) is 0 Å². The van der Waals surface area contributed by atoms with E-state index in [2.05, 4.69) is 49.9 Å². The Morgan fingerprint density at radius 2 is 1.53 bits per heavy atom. The number of carbonyl (C=O) groups excluding carboxylic acids is 4. The zero-order valence-electron chi connectivity index (χ0n) is 34.8. The Morgan fingerprint density at radius 3 is 2.20 bits per heavy atom. The number of hydrogen-bond acceptors (Lipinski definition) is 7. The van der Waals surface area contributed by atoms with Gasteiger partial charge in [0.15, 0.2) is 0 Å². The Bertz CT molecular complexity index is 1460. The standard InChI is InChI=1S/C43H70N6O6/c1-8-37-44-27-29-49(37)28-15-13-18-33-20-22-34(23-21-33)30-38(50)47-36(31-54-42(2,3)4)40(52)48-35(19-12-14-25-46-41(53)55-43(5,6)7)39(51)45-26-24-32-16-10-9-11-17-32/h20-23,27,29,32,35-36H,8-19,24-26,28,30-31H2,1-7H3,(H,45,51)(H,46,53)(H,47,50)(H,48,52)/t35-,36-/m0/s1. The highest BCUT2D eigenvalue weighted by Gasteiger charge is 2.29. The summed E-state index contributed by atoms with van der Waals surface area (Å²) < 4.78 is 13.5. The molecule has 1 aromatic heterocycles. The number of amides is 4. The molecule has 12 heteroatoms. The number of alkyl carbamates (subject to hydrolysis) is 1. The molecule has 0 aliphatic heterocycles. The molecule has 0 unspecified atom stereocenters. The van der Waals surface area contributed by atoms with Crippen molar-refractivity contribution in [1.82, 2.24) is 30.8 Å². The first kappa shape index (κ1) is 45.5. The highest BCUT2D eigenvalue weighted by atomic mass is 16.6. The van der Waals surface area contributed by atoms with Gasteiger partial charge >= 0.3 is 6.09 Å². The number of carbonyl (C=O) groups is 4. The van der Waals surface area contributed by atoms with Crippen molar-refractivity contribution < 1.29 is 28.7 Å². The van der Waals surface area contributed by atoms with Crippen molar-refractivity contribution in [3.05, 3.63) is 53.6 Å². The highest BCUT2D eigenvalue weighted by Crippen LogP contribution is 2.25. The van der Waals surface area contributed by atoms with E-state index in [0.29, 0.717) is 38.3 Å². The van der Waals surface area contributed by atoms with Gasteiger partial charge in [-0.05, 0) is 104 Å². The summed E-state index contributed by atoms with van der Waals surface area (Å²) in [4.78, 5) is 57.1. The van der Waals surface area contributed by atoms with Crippen LogP contribution in [0.4, 0.5) is 4.79 Å². The van der Waals surface area contributed by atoms with E-state index in [0.717, 1.165) is 50.0 Å². The molecule has 1 aliphatic carbocycles. The Morgan fingerprint density at radius 1 is 0.818 bits per heavy atom. The molecule has 0 radical (unpaired) electrons. The van der Waals surface area contributed by atoms with Crippen molar-refractivity contribution in [2.24, 2.45) is 5.92 Å². The van der Waals surface area contributed by atoms with Gasteiger partial charge in [-0.1, -0.05) is 63.3 Å². The number of aromatic nitrogens is 2. The minimum absolute atomic E-state index is 0.0470. The second kappa shape index (κ2) is 23.2. The Hall–Kier alpha value is -3.93. The zero-order valence-corrected chi connectivity index (χ0v) is 34.8. The number of nitrogens with one attached hydrogen (secondary N) is 4. The lowest BCUT2D eigenvalue weighted by Gasteiger charge is -2.27. The van der Waals surface area contributed by atoms with Crippen LogP contribution in [0.25, 0.3) is 0 Å². The average molecular weight is 767 g/mol. The van der Waals surface area contributed by atoms with Crippen LogP contribution < -0.4 is 21.3 Å². The molecule has 3 rings (SSSR count). The fraction of sp³-hybridized carbons (Fsp3) is 0.698. The monoisotopic (exact) mass is 767 g/mol. The molecule has 1 aromatic carbocycles. The number of hydrogen-bond donors (Lipinski definition) is 4. The lowest BCUT2D eigenvalue weighted by molar-refractivity contribution is -0.134. The third-order valence-corrected chi connectivity index (χ3v) is 9.75. The lowest BCUT2D eigenvalue weighted by atomic mass is 9.87. The van der Waals surface area contributed by atoms with Gasteiger partial charge in [-0.2, -0.15) is 0 Å². The number of nitrogens with zero attached hydrogens (tertiary/aromatic N) is 2. The fourth-order valence-electron chi connectivity index (χ4n) is 6.76. The van der Waals surface area contributed by atoms with Crippen LogP contribution in [0.1, 0.15) is 136 Å². The lowest BCUT2D eigenvalue weighted by Crippen LogP contribution is -2.56. The number of aryl methyl sites for hydroxylation is 3. The number of ether oxygens (including phenoxy) is 2. The summed E-state index contributed by atoms with van der Waals surface area (Å²) in [5.74, 6) is 0.685. The van der Waals surface area contributed by atoms with Gasteiger partial charge in [0.2, 0.25) is 17.7 Å². The van der Waals surface area contributed by atoms with Gasteiger partial charge in [0.25, 0.3) is 0 Å². The van der Waals surface area contributed by atoms with E-state index in [1.54, 1.807) is 20.8 Å². The predicted octanol–water partition coefficient (Wildman–Crippen LogP) is 6.58. The molecule has 4 amide bonds. The van der Waals surface area contributed by atoms with E-state index in [1.165, 1.54) is 37.7 Å². The maximum atomic E-state index is 13.8. The van der Waals surface area contributed by atoms with E-state index in [-0.39, 0.29) is 24.8 Å². The third-order valence-electron chi connectivity index (χ3n) is 9.75. The molecule has 308 valence electrons. The molecule has 0 bridgehead atoms. The van der Waals surface area contributed by atoms with Crippen molar-refractivity contribution >= 4 is 23.8 Å². The van der Waals surface area contributed by atoms with Crippen molar-refractivity contribution in [2.45, 2.75) is 168 Å². The predicted molar refractivity (Wildman–Crippen MR) is 217 cm³/mol. The third kappa shape index (κ3) is 19.0. The summed E-state index contributed by atoms with van der Waals surface area (Å²) >= 11 is 0. The topological polar surface area (TPSA) is 153 Å². The van der Waals surface area contributed by atoms with E-state index in [9.17, 15) is 19.2 Å².